The molecule has 20 heavy (non-hydrogen) atoms. The van der Waals surface area contributed by atoms with E-state index in [0.29, 0.717) is 25.8 Å². The van der Waals surface area contributed by atoms with E-state index < -0.39 is 12.0 Å². The van der Waals surface area contributed by atoms with Crippen LogP contribution in [0.3, 0.4) is 0 Å². The number of likely N-dealkylation sites (tertiary alicyclic amines) is 1. The quantitative estimate of drug-likeness (QED) is 0.897. The maximum Gasteiger partial charge on any atom is 0.326 e. The third kappa shape index (κ3) is 3.70. The highest BCUT2D eigenvalue weighted by atomic mass is 16.4. The number of aliphatic carboxylic acids is 1. The molecule has 1 saturated heterocycles. The number of carboxylic acid groups (broad SMARTS) is 1. The average Bonchev–Trinajstić information content (AvgIpc) is 2.94. The first-order valence-corrected chi connectivity index (χ1v) is 6.92. The monoisotopic (exact) mass is 273 g/mol. The molecule has 1 aliphatic rings. The van der Waals surface area contributed by atoms with Crippen molar-refractivity contribution in [3.63, 3.8) is 0 Å². The molecule has 1 atom stereocenters. The molecule has 4 heteroatoms. The minimum absolute atomic E-state index is 0.0624. The van der Waals surface area contributed by atoms with Gasteiger partial charge in [-0.15, -0.1) is 0 Å². The average molecular weight is 273 g/mol. The predicted molar refractivity (Wildman–Crippen MR) is 77.1 cm³/mol. The highest BCUT2D eigenvalue weighted by Crippen LogP contribution is 2.19. The van der Waals surface area contributed by atoms with Gasteiger partial charge in [-0.2, -0.15) is 0 Å². The number of nitrogens with zero attached hydrogens (tertiary/aromatic N) is 1. The van der Waals surface area contributed by atoms with Crippen LogP contribution < -0.4 is 0 Å². The van der Waals surface area contributed by atoms with Crippen molar-refractivity contribution in [3.8, 4) is 0 Å². The molecule has 0 saturated carbocycles. The van der Waals surface area contributed by atoms with E-state index in [1.165, 1.54) is 4.90 Å². The van der Waals surface area contributed by atoms with Crippen LogP contribution in [0.25, 0.3) is 6.08 Å². The van der Waals surface area contributed by atoms with Gasteiger partial charge in [0.1, 0.15) is 6.04 Å². The van der Waals surface area contributed by atoms with Crippen molar-refractivity contribution in [2.24, 2.45) is 0 Å². The van der Waals surface area contributed by atoms with Gasteiger partial charge in [-0.05, 0) is 24.8 Å². The highest BCUT2D eigenvalue weighted by molar-refractivity contribution is 5.84. The summed E-state index contributed by atoms with van der Waals surface area (Å²) in [5, 5.41) is 9.04. The maximum atomic E-state index is 12.0. The molecule has 0 aliphatic carbocycles. The SMILES string of the molecule is O=C(O)[C@H]1CCCN1C(=O)CC/C=C/c1ccccc1. The summed E-state index contributed by atoms with van der Waals surface area (Å²) in [6, 6.07) is 9.26. The van der Waals surface area contributed by atoms with E-state index in [1.54, 1.807) is 0 Å². The molecular weight excluding hydrogens is 254 g/mol. The van der Waals surface area contributed by atoms with Crippen molar-refractivity contribution >= 4 is 18.0 Å². The minimum Gasteiger partial charge on any atom is -0.480 e. The largest absolute Gasteiger partial charge is 0.480 e. The van der Waals surface area contributed by atoms with E-state index in [9.17, 15) is 9.59 Å². The molecule has 106 valence electrons. The normalized spacial score (nSPS) is 18.6. The van der Waals surface area contributed by atoms with Gasteiger partial charge in [0.2, 0.25) is 5.91 Å². The summed E-state index contributed by atoms with van der Waals surface area (Å²) >= 11 is 0. The standard InChI is InChI=1S/C16H19NO3/c18-15(17-12-6-10-14(17)16(19)20)11-5-4-9-13-7-2-1-3-8-13/h1-4,7-9,14H,5-6,10-12H2,(H,19,20)/b9-4+/t14-/m1/s1. The Kier molecular flexibility index (Phi) is 4.93. The van der Waals surface area contributed by atoms with Crippen molar-refractivity contribution in [1.29, 1.82) is 0 Å². The van der Waals surface area contributed by atoms with Crippen LogP contribution in [0, 0.1) is 0 Å². The molecule has 0 spiro atoms. The van der Waals surface area contributed by atoms with Gasteiger partial charge in [0, 0.05) is 13.0 Å². The molecule has 0 radical (unpaired) electrons. The van der Waals surface area contributed by atoms with Crippen LogP contribution in [0.4, 0.5) is 0 Å². The summed E-state index contributed by atoms with van der Waals surface area (Å²) in [6.07, 6.45) is 6.29. The Morgan fingerprint density at radius 3 is 2.75 bits per heavy atom. The Morgan fingerprint density at radius 2 is 2.05 bits per heavy atom. The first kappa shape index (κ1) is 14.3. The van der Waals surface area contributed by atoms with Crippen molar-refractivity contribution in [1.82, 2.24) is 4.90 Å². The van der Waals surface area contributed by atoms with E-state index in [-0.39, 0.29) is 5.91 Å². The fourth-order valence-corrected chi connectivity index (χ4v) is 2.46. The zero-order valence-electron chi connectivity index (χ0n) is 11.4. The van der Waals surface area contributed by atoms with Crippen LogP contribution in [0.5, 0.6) is 0 Å². The lowest BCUT2D eigenvalue weighted by atomic mass is 10.1. The number of amides is 1. The van der Waals surface area contributed by atoms with Gasteiger partial charge in [0.15, 0.2) is 0 Å². The summed E-state index contributed by atoms with van der Waals surface area (Å²) in [7, 11) is 0. The number of carbonyl (C=O) groups is 2. The molecule has 2 rings (SSSR count). The number of hydrogen-bond donors (Lipinski definition) is 1. The molecule has 1 N–H and O–H groups in total. The molecular formula is C16H19NO3. The molecule has 1 heterocycles. The van der Waals surface area contributed by atoms with E-state index in [0.717, 1.165) is 12.0 Å². The molecule has 0 aromatic heterocycles. The summed E-state index contributed by atoms with van der Waals surface area (Å²) in [5.41, 5.74) is 1.10. The van der Waals surface area contributed by atoms with E-state index in [1.807, 2.05) is 42.5 Å². The summed E-state index contributed by atoms with van der Waals surface area (Å²) in [4.78, 5) is 24.5. The molecule has 1 aliphatic heterocycles. The summed E-state index contributed by atoms with van der Waals surface area (Å²) in [5.74, 6) is -0.955. The van der Waals surface area contributed by atoms with Gasteiger partial charge in [0.05, 0.1) is 0 Å². The second-order valence-corrected chi connectivity index (χ2v) is 4.94. The predicted octanol–water partition coefficient (Wildman–Crippen LogP) is 2.56. The fourth-order valence-electron chi connectivity index (χ4n) is 2.46. The van der Waals surface area contributed by atoms with Gasteiger partial charge < -0.3 is 10.0 Å². The highest BCUT2D eigenvalue weighted by Gasteiger charge is 2.33. The smallest absolute Gasteiger partial charge is 0.326 e. The lowest BCUT2D eigenvalue weighted by molar-refractivity contribution is -0.148. The number of carbonyl (C=O) groups excluding carboxylic acids is 1. The Morgan fingerprint density at radius 1 is 1.30 bits per heavy atom. The molecule has 0 bridgehead atoms. The maximum absolute atomic E-state index is 12.0. The van der Waals surface area contributed by atoms with Crippen molar-refractivity contribution < 1.29 is 14.7 Å². The van der Waals surface area contributed by atoms with Crippen LogP contribution in [0.1, 0.15) is 31.2 Å². The number of carboxylic acids is 1. The minimum atomic E-state index is -0.893. The molecule has 4 nitrogen and oxygen atoms in total. The third-order valence-electron chi connectivity index (χ3n) is 3.49. The van der Waals surface area contributed by atoms with Crippen molar-refractivity contribution in [2.75, 3.05) is 6.54 Å². The molecule has 0 unspecified atom stereocenters. The van der Waals surface area contributed by atoms with Gasteiger partial charge in [-0.3, -0.25) is 4.79 Å². The van der Waals surface area contributed by atoms with Crippen LogP contribution in [-0.2, 0) is 9.59 Å². The third-order valence-corrected chi connectivity index (χ3v) is 3.49. The van der Waals surface area contributed by atoms with Gasteiger partial charge in [0.25, 0.3) is 0 Å². The van der Waals surface area contributed by atoms with E-state index in [2.05, 4.69) is 0 Å². The van der Waals surface area contributed by atoms with Crippen molar-refractivity contribution in [3.05, 3.63) is 42.0 Å². The summed E-state index contributed by atoms with van der Waals surface area (Å²) in [6.45, 7) is 0.568. The first-order valence-electron chi connectivity index (χ1n) is 6.92. The number of rotatable bonds is 5. The second kappa shape index (κ2) is 6.89. The number of benzene rings is 1. The lowest BCUT2D eigenvalue weighted by Gasteiger charge is -2.20. The zero-order valence-corrected chi connectivity index (χ0v) is 11.4. The van der Waals surface area contributed by atoms with E-state index in [4.69, 9.17) is 5.11 Å². The van der Waals surface area contributed by atoms with Crippen LogP contribution in [0.2, 0.25) is 0 Å². The van der Waals surface area contributed by atoms with Gasteiger partial charge >= 0.3 is 5.97 Å². The topological polar surface area (TPSA) is 57.6 Å². The fraction of sp³-hybridized carbons (Fsp3) is 0.375. The van der Waals surface area contributed by atoms with Crippen LogP contribution in [0.15, 0.2) is 36.4 Å². The van der Waals surface area contributed by atoms with Gasteiger partial charge in [-0.25, -0.2) is 4.79 Å². The Hall–Kier alpha value is -2.10. The van der Waals surface area contributed by atoms with E-state index >= 15 is 0 Å². The molecule has 1 aromatic carbocycles. The zero-order chi connectivity index (χ0) is 14.4. The Bertz CT molecular complexity index is 496. The second-order valence-electron chi connectivity index (χ2n) is 4.94. The lowest BCUT2D eigenvalue weighted by Crippen LogP contribution is -2.40. The number of hydrogen-bond acceptors (Lipinski definition) is 2. The van der Waals surface area contributed by atoms with Crippen LogP contribution >= 0.6 is 0 Å². The number of allylic oxidation sites excluding steroid dienone is 1. The molecule has 1 fully saturated rings. The summed E-state index contributed by atoms with van der Waals surface area (Å²) < 4.78 is 0. The molecule has 1 aromatic rings. The van der Waals surface area contributed by atoms with Crippen LogP contribution in [-0.4, -0.2) is 34.5 Å². The van der Waals surface area contributed by atoms with Gasteiger partial charge in [-0.1, -0.05) is 42.5 Å². The Balaban J connectivity index is 1.81. The van der Waals surface area contributed by atoms with Crippen molar-refractivity contribution in [2.45, 2.75) is 31.7 Å². The Labute approximate surface area is 118 Å². The first-order chi connectivity index (χ1) is 9.68. The molecule has 1 amide bonds.